The molecular weight excluding hydrogens is 304 g/mol. The number of aromatic nitrogens is 1. The van der Waals surface area contributed by atoms with Crippen LogP contribution in [0.5, 0.6) is 0 Å². The molecule has 0 spiro atoms. The van der Waals surface area contributed by atoms with Gasteiger partial charge in [-0.15, -0.1) is 0 Å². The number of nitrogens with one attached hydrogen (secondary N) is 2. The fraction of sp³-hybridized carbons (Fsp3) is 0.222. The molecule has 6 heteroatoms. The van der Waals surface area contributed by atoms with Gasteiger partial charge in [-0.2, -0.15) is 5.26 Å². The Morgan fingerprint density at radius 1 is 1.25 bits per heavy atom. The molecule has 0 aliphatic rings. The lowest BCUT2D eigenvalue weighted by molar-refractivity contribution is -0.116. The number of carbonyl (C=O) groups excluding carboxylic acids is 2. The molecule has 1 amide bonds. The summed E-state index contributed by atoms with van der Waals surface area (Å²) in [6.07, 6.45) is 1.89. The molecule has 1 aromatic carbocycles. The minimum atomic E-state index is -0.180. The second-order valence-electron chi connectivity index (χ2n) is 5.37. The number of anilines is 2. The fourth-order valence-electron chi connectivity index (χ4n) is 2.06. The van der Waals surface area contributed by atoms with Crippen molar-refractivity contribution in [3.63, 3.8) is 0 Å². The molecule has 24 heavy (non-hydrogen) atoms. The van der Waals surface area contributed by atoms with E-state index in [-0.39, 0.29) is 18.1 Å². The third kappa shape index (κ3) is 4.65. The first-order valence-electron chi connectivity index (χ1n) is 7.51. The molecule has 0 aliphatic heterocycles. The first-order chi connectivity index (χ1) is 11.5. The fourth-order valence-corrected chi connectivity index (χ4v) is 2.06. The summed E-state index contributed by atoms with van der Waals surface area (Å²) < 4.78 is 0. The van der Waals surface area contributed by atoms with Crippen LogP contribution in [-0.2, 0) is 4.79 Å². The number of nitrogens with zero attached hydrogens (tertiary/aromatic N) is 2. The summed E-state index contributed by atoms with van der Waals surface area (Å²) in [7, 11) is 0. The number of aryl methyl sites for hydroxylation is 1. The van der Waals surface area contributed by atoms with Crippen molar-refractivity contribution in [3.8, 4) is 6.07 Å². The van der Waals surface area contributed by atoms with Gasteiger partial charge in [-0.1, -0.05) is 6.07 Å². The van der Waals surface area contributed by atoms with Crippen molar-refractivity contribution < 1.29 is 9.59 Å². The summed E-state index contributed by atoms with van der Waals surface area (Å²) in [5, 5.41) is 14.8. The van der Waals surface area contributed by atoms with E-state index < -0.39 is 0 Å². The highest BCUT2D eigenvalue weighted by molar-refractivity contribution is 5.95. The predicted octanol–water partition coefficient (Wildman–Crippen LogP) is 2.91. The summed E-state index contributed by atoms with van der Waals surface area (Å²) in [5.41, 5.74) is 2.51. The summed E-state index contributed by atoms with van der Waals surface area (Å²) in [6.45, 7) is 3.73. The number of carbonyl (C=O) groups is 2. The van der Waals surface area contributed by atoms with E-state index >= 15 is 0 Å². The van der Waals surface area contributed by atoms with Crippen molar-refractivity contribution in [2.75, 3.05) is 17.2 Å². The Bertz CT molecular complexity index is 792. The number of nitriles is 1. The first kappa shape index (κ1) is 17.2. The van der Waals surface area contributed by atoms with Gasteiger partial charge in [0.2, 0.25) is 5.91 Å². The summed E-state index contributed by atoms with van der Waals surface area (Å²) in [6, 6.07) is 10.5. The topological polar surface area (TPSA) is 94.9 Å². The van der Waals surface area contributed by atoms with Gasteiger partial charge in [-0.05, 0) is 43.7 Å². The van der Waals surface area contributed by atoms with Crippen LogP contribution >= 0.6 is 0 Å². The maximum atomic E-state index is 11.9. The molecule has 2 rings (SSSR count). The van der Waals surface area contributed by atoms with Gasteiger partial charge in [0.05, 0.1) is 11.3 Å². The number of ketones is 1. The summed E-state index contributed by atoms with van der Waals surface area (Å²) in [5.74, 6) is 0.243. The Kier molecular flexibility index (Phi) is 5.63. The number of Topliss-reactive ketones (excluding diaryl/α,β-unsaturated/α-hetero) is 1. The van der Waals surface area contributed by atoms with Gasteiger partial charge >= 0.3 is 0 Å². The molecule has 0 aliphatic carbocycles. The van der Waals surface area contributed by atoms with E-state index in [1.54, 1.807) is 30.5 Å². The van der Waals surface area contributed by atoms with Gasteiger partial charge in [-0.3, -0.25) is 9.59 Å². The van der Waals surface area contributed by atoms with Gasteiger partial charge < -0.3 is 10.6 Å². The summed E-state index contributed by atoms with van der Waals surface area (Å²) in [4.78, 5) is 27.4. The predicted molar refractivity (Wildman–Crippen MR) is 91.9 cm³/mol. The minimum absolute atomic E-state index is 0.0780. The molecule has 122 valence electrons. The number of rotatable bonds is 6. The molecule has 0 saturated heterocycles. The lowest BCUT2D eigenvalue weighted by Gasteiger charge is -2.10. The number of pyridine rings is 1. The van der Waals surface area contributed by atoms with E-state index in [1.165, 1.54) is 6.92 Å². The Morgan fingerprint density at radius 2 is 2.04 bits per heavy atom. The third-order valence-electron chi connectivity index (χ3n) is 3.39. The SMILES string of the molecule is CC(=O)c1ccc(C#N)c(NCCC(=O)Nc2ccc(C)cn2)c1. The van der Waals surface area contributed by atoms with Crippen LogP contribution in [0, 0.1) is 18.3 Å². The van der Waals surface area contributed by atoms with Crippen LogP contribution in [0.4, 0.5) is 11.5 Å². The first-order valence-corrected chi connectivity index (χ1v) is 7.51. The molecule has 0 saturated carbocycles. The third-order valence-corrected chi connectivity index (χ3v) is 3.39. The van der Waals surface area contributed by atoms with E-state index in [4.69, 9.17) is 5.26 Å². The molecule has 1 heterocycles. The van der Waals surface area contributed by atoms with Gasteiger partial charge in [-0.25, -0.2) is 4.98 Å². The molecule has 0 atom stereocenters. The number of benzene rings is 1. The molecule has 0 radical (unpaired) electrons. The molecule has 2 N–H and O–H groups in total. The number of hydrogen-bond acceptors (Lipinski definition) is 5. The highest BCUT2D eigenvalue weighted by atomic mass is 16.1. The van der Waals surface area contributed by atoms with Crippen molar-refractivity contribution >= 4 is 23.2 Å². The molecule has 0 fully saturated rings. The van der Waals surface area contributed by atoms with E-state index in [9.17, 15) is 9.59 Å². The lowest BCUT2D eigenvalue weighted by atomic mass is 10.1. The number of hydrogen-bond donors (Lipinski definition) is 2. The van der Waals surface area contributed by atoms with Crippen LogP contribution in [0.3, 0.4) is 0 Å². The van der Waals surface area contributed by atoms with Crippen LogP contribution in [0.1, 0.15) is 34.8 Å². The van der Waals surface area contributed by atoms with E-state index in [2.05, 4.69) is 21.7 Å². The molecule has 0 bridgehead atoms. The smallest absolute Gasteiger partial charge is 0.227 e. The minimum Gasteiger partial charge on any atom is -0.383 e. The average molecular weight is 322 g/mol. The normalized spacial score (nSPS) is 9.88. The van der Waals surface area contributed by atoms with Crippen molar-refractivity contribution in [2.24, 2.45) is 0 Å². The van der Waals surface area contributed by atoms with E-state index in [0.29, 0.717) is 29.2 Å². The molecule has 1 aromatic heterocycles. The van der Waals surface area contributed by atoms with Crippen LogP contribution in [0.2, 0.25) is 0 Å². The zero-order valence-corrected chi connectivity index (χ0v) is 13.6. The Morgan fingerprint density at radius 3 is 2.67 bits per heavy atom. The van der Waals surface area contributed by atoms with E-state index in [0.717, 1.165) is 5.56 Å². The molecule has 6 nitrogen and oxygen atoms in total. The lowest BCUT2D eigenvalue weighted by Crippen LogP contribution is -2.17. The van der Waals surface area contributed by atoms with Crippen molar-refractivity contribution in [2.45, 2.75) is 20.3 Å². The van der Waals surface area contributed by atoms with Crippen molar-refractivity contribution in [3.05, 3.63) is 53.2 Å². The van der Waals surface area contributed by atoms with Crippen LogP contribution in [0.15, 0.2) is 36.5 Å². The second kappa shape index (κ2) is 7.88. The molecule has 0 unspecified atom stereocenters. The zero-order valence-electron chi connectivity index (χ0n) is 13.6. The largest absolute Gasteiger partial charge is 0.383 e. The maximum absolute atomic E-state index is 11.9. The molecule has 2 aromatic rings. The van der Waals surface area contributed by atoms with Crippen LogP contribution in [0.25, 0.3) is 0 Å². The van der Waals surface area contributed by atoms with Crippen LogP contribution < -0.4 is 10.6 Å². The highest BCUT2D eigenvalue weighted by Gasteiger charge is 2.08. The van der Waals surface area contributed by atoms with Gasteiger partial charge in [0.15, 0.2) is 5.78 Å². The second-order valence-corrected chi connectivity index (χ2v) is 5.37. The van der Waals surface area contributed by atoms with Crippen molar-refractivity contribution in [1.82, 2.24) is 4.98 Å². The zero-order chi connectivity index (χ0) is 17.5. The average Bonchev–Trinajstić information content (AvgIpc) is 2.56. The standard InChI is InChI=1S/C18H18N4O2/c1-12-3-6-17(21-11-12)22-18(24)7-8-20-16-9-14(13(2)23)4-5-15(16)10-19/h3-6,9,11,20H,7-8H2,1-2H3,(H,21,22,24). The van der Waals surface area contributed by atoms with Gasteiger partial charge in [0, 0.05) is 24.7 Å². The van der Waals surface area contributed by atoms with Crippen LogP contribution in [-0.4, -0.2) is 23.2 Å². The molecular formula is C18H18N4O2. The monoisotopic (exact) mass is 322 g/mol. The van der Waals surface area contributed by atoms with E-state index in [1.807, 2.05) is 13.0 Å². The summed E-state index contributed by atoms with van der Waals surface area (Å²) >= 11 is 0. The maximum Gasteiger partial charge on any atom is 0.227 e. The van der Waals surface area contributed by atoms with Crippen molar-refractivity contribution in [1.29, 1.82) is 5.26 Å². The highest BCUT2D eigenvalue weighted by Crippen LogP contribution is 2.17. The van der Waals surface area contributed by atoms with Gasteiger partial charge in [0.1, 0.15) is 11.9 Å². The number of amides is 1. The Balaban J connectivity index is 1.92. The van der Waals surface area contributed by atoms with Gasteiger partial charge in [0.25, 0.3) is 0 Å². The quantitative estimate of drug-likeness (QED) is 0.797. The Hall–Kier alpha value is -3.20. The Labute approximate surface area is 140 Å².